The molecule has 1 aliphatic heterocycles. The monoisotopic (exact) mass is 993 g/mol. The van der Waals surface area contributed by atoms with Crippen molar-refractivity contribution in [2.75, 3.05) is 25.4 Å². The molecule has 2 aromatic carbocycles. The van der Waals surface area contributed by atoms with Gasteiger partial charge in [0, 0.05) is 55.9 Å². The predicted molar refractivity (Wildman–Crippen MR) is 277 cm³/mol. The lowest BCUT2D eigenvalue weighted by atomic mass is 9.35. The Morgan fingerprint density at radius 3 is 2.07 bits per heavy atom. The molecule has 3 atom stereocenters. The molecule has 3 aliphatic carbocycles. The highest BCUT2D eigenvalue weighted by Gasteiger charge is 2.67. The number of carbonyl (C=O) groups is 4. The van der Waals surface area contributed by atoms with Crippen molar-refractivity contribution in [3.05, 3.63) is 71.4 Å². The summed E-state index contributed by atoms with van der Waals surface area (Å²) in [4.78, 5) is 60.1. The number of thiazole rings is 1. The summed E-state index contributed by atoms with van der Waals surface area (Å²) in [6.45, 7) is 9.29. The van der Waals surface area contributed by atoms with E-state index in [2.05, 4.69) is 31.1 Å². The van der Waals surface area contributed by atoms with Gasteiger partial charge in [-0.05, 0) is 73.1 Å². The van der Waals surface area contributed by atoms with E-state index in [0.717, 1.165) is 92.5 Å². The van der Waals surface area contributed by atoms with Crippen LogP contribution < -0.4 is 26.4 Å². The van der Waals surface area contributed by atoms with E-state index in [1.54, 1.807) is 35.6 Å². The van der Waals surface area contributed by atoms with E-state index in [0.29, 0.717) is 43.0 Å². The van der Waals surface area contributed by atoms with Crippen molar-refractivity contribution in [2.24, 2.45) is 16.2 Å². The molecule has 2 bridgehead atoms. The lowest BCUT2D eigenvalue weighted by Crippen LogP contribution is -2.67. The highest BCUT2D eigenvalue weighted by atomic mass is 32.1. The van der Waals surface area contributed by atoms with Crippen molar-refractivity contribution >= 4 is 40.8 Å². The van der Waals surface area contributed by atoms with Crippen LogP contribution >= 0.6 is 11.3 Å². The first-order chi connectivity index (χ1) is 34.0. The number of benzene rings is 2. The van der Waals surface area contributed by atoms with Gasteiger partial charge in [0.15, 0.2) is 11.6 Å². The van der Waals surface area contributed by atoms with Crippen molar-refractivity contribution in [1.29, 1.82) is 0 Å². The minimum Gasteiger partial charge on any atom is -0.507 e. The SMILES string of the molecule is Cc1ncsc1-c1ccc(CNC(=O)[C@@H]2C[C@@H](O)CN2C(=O)[C@@H](NC(=O)CCCCCCCCCCCCCCC(=O)NCC23CC(COc4cc(-c5ccccc5O)nnc4N)(C2)C3)C(C)(C)C)cc1. The van der Waals surface area contributed by atoms with Crippen LogP contribution in [0.2, 0.25) is 0 Å². The van der Waals surface area contributed by atoms with Crippen LogP contribution in [-0.2, 0) is 25.7 Å². The molecule has 0 unspecified atom stereocenters. The number of β-amino-alcohol motifs (C(OH)–C–C–N with tert-alkyl or cyclic N) is 1. The van der Waals surface area contributed by atoms with Crippen LogP contribution in [0.5, 0.6) is 11.5 Å². The Kier molecular flexibility index (Phi) is 18.1. The summed E-state index contributed by atoms with van der Waals surface area (Å²) in [7, 11) is 0. The van der Waals surface area contributed by atoms with Gasteiger partial charge in [0.25, 0.3) is 0 Å². The van der Waals surface area contributed by atoms with Gasteiger partial charge in [0.1, 0.15) is 23.5 Å². The molecule has 15 nitrogen and oxygen atoms in total. The van der Waals surface area contributed by atoms with Gasteiger partial charge in [-0.3, -0.25) is 19.2 Å². The number of anilines is 1. The zero-order valence-electron chi connectivity index (χ0n) is 42.3. The lowest BCUT2D eigenvalue weighted by molar-refractivity contribution is -0.215. The smallest absolute Gasteiger partial charge is 0.246 e. The number of amides is 4. The van der Waals surface area contributed by atoms with Crippen LogP contribution in [0.3, 0.4) is 0 Å². The maximum Gasteiger partial charge on any atom is 0.246 e. The number of aromatic hydroxyl groups is 1. The van der Waals surface area contributed by atoms with Gasteiger partial charge in [-0.2, -0.15) is 0 Å². The maximum absolute atomic E-state index is 14.0. The number of aromatic nitrogens is 3. The average molecular weight is 993 g/mol. The molecule has 4 aromatic rings. The van der Waals surface area contributed by atoms with E-state index in [-0.39, 0.29) is 59.0 Å². The number of rotatable bonds is 27. The van der Waals surface area contributed by atoms with Crippen LogP contribution in [0.25, 0.3) is 21.7 Å². The fraction of sp³-hybridized carbons (Fsp3) is 0.582. The van der Waals surface area contributed by atoms with Crippen LogP contribution in [0, 0.1) is 23.2 Å². The molecular weight excluding hydrogens is 917 g/mol. The number of nitrogen functional groups attached to an aromatic ring is 1. The summed E-state index contributed by atoms with van der Waals surface area (Å²) in [5, 5.41) is 38.1. The van der Waals surface area contributed by atoms with Crippen molar-refractivity contribution < 1.29 is 34.1 Å². The summed E-state index contributed by atoms with van der Waals surface area (Å²) >= 11 is 1.59. The fourth-order valence-electron chi connectivity index (χ4n) is 10.9. The highest BCUT2D eigenvalue weighted by Crippen LogP contribution is 2.73. The summed E-state index contributed by atoms with van der Waals surface area (Å²) in [6.07, 6.45) is 16.3. The standard InChI is InChI=1S/C55H76N8O7S/c1-37-48(71-36-59-37)39-25-23-38(24-26-39)29-57-51(68)43-27-40(64)30-63(43)52(69)49(53(2,3)4)60-47(67)22-16-14-12-10-8-6-5-7-9-11-13-15-21-46(66)58-34-54-31-55(32-54,33-54)35-70-45-28-42(61-62-50(45)56)41-19-17-18-20-44(41)65/h17-20,23-26,28,36,40,43,49,64-65H,5-16,21-22,27,29-35H2,1-4H3,(H2,56,62)(H,57,68)(H,58,66)(H,60,67)/t40-,43+,49-,54?,55?/m1/s1. The molecule has 2 aromatic heterocycles. The molecule has 1 saturated heterocycles. The number of aliphatic hydroxyl groups is 1. The molecule has 4 aliphatic rings. The number of aliphatic hydroxyl groups excluding tert-OH is 1. The summed E-state index contributed by atoms with van der Waals surface area (Å²) in [6, 6.07) is 15.0. The lowest BCUT2D eigenvalue weighted by Gasteiger charge is -2.70. The number of nitrogens with one attached hydrogen (secondary N) is 3. The van der Waals surface area contributed by atoms with Gasteiger partial charge in [-0.25, -0.2) is 4.98 Å². The van der Waals surface area contributed by atoms with E-state index < -0.39 is 23.6 Å². The van der Waals surface area contributed by atoms with Gasteiger partial charge in [0.2, 0.25) is 23.6 Å². The number of nitrogens with zero attached hydrogens (tertiary/aromatic N) is 4. The minimum atomic E-state index is -0.832. The summed E-state index contributed by atoms with van der Waals surface area (Å²) in [5.74, 6) is 0.113. The molecule has 384 valence electrons. The summed E-state index contributed by atoms with van der Waals surface area (Å²) < 4.78 is 6.12. The Balaban J connectivity index is 0.680. The topological polar surface area (TPSA) is 222 Å². The zero-order chi connectivity index (χ0) is 50.6. The van der Waals surface area contributed by atoms with Gasteiger partial charge in [-0.1, -0.05) is 121 Å². The Morgan fingerprint density at radius 1 is 0.845 bits per heavy atom. The number of unbranched alkanes of at least 4 members (excludes halogenated alkanes) is 11. The first kappa shape index (κ1) is 53.2. The molecule has 4 fully saturated rings. The van der Waals surface area contributed by atoms with Gasteiger partial charge < -0.3 is 41.5 Å². The van der Waals surface area contributed by atoms with Gasteiger partial charge in [-0.15, -0.1) is 21.5 Å². The first-order valence-corrected chi connectivity index (χ1v) is 26.8. The number of ether oxygens (including phenoxy) is 1. The van der Waals surface area contributed by atoms with Crippen LogP contribution in [0.15, 0.2) is 60.1 Å². The Bertz CT molecular complexity index is 2420. The number of phenolic OH excluding ortho intramolecular Hbond substituents is 1. The second-order valence-electron chi connectivity index (χ2n) is 21.8. The normalized spacial score (nSPS) is 20.7. The molecule has 71 heavy (non-hydrogen) atoms. The van der Waals surface area contributed by atoms with E-state index >= 15 is 0 Å². The van der Waals surface area contributed by atoms with E-state index in [9.17, 15) is 29.4 Å². The Morgan fingerprint density at radius 2 is 1.46 bits per heavy atom. The third kappa shape index (κ3) is 14.3. The first-order valence-electron chi connectivity index (χ1n) is 25.9. The number of phenols is 1. The number of hydrogen-bond acceptors (Lipinski definition) is 12. The second kappa shape index (κ2) is 24.2. The third-order valence-electron chi connectivity index (χ3n) is 14.7. The zero-order valence-corrected chi connectivity index (χ0v) is 43.1. The molecule has 4 amide bonds. The third-order valence-corrected chi connectivity index (χ3v) is 15.7. The number of likely N-dealkylation sites (tertiary alicyclic amines) is 1. The van der Waals surface area contributed by atoms with Crippen molar-refractivity contribution in [1.82, 2.24) is 36.0 Å². The molecule has 3 heterocycles. The van der Waals surface area contributed by atoms with Crippen LogP contribution in [0.1, 0.15) is 148 Å². The van der Waals surface area contributed by atoms with E-state index in [1.165, 1.54) is 37.0 Å². The molecule has 8 rings (SSSR count). The summed E-state index contributed by atoms with van der Waals surface area (Å²) in [5.41, 5.74) is 11.6. The van der Waals surface area contributed by atoms with E-state index in [4.69, 9.17) is 10.5 Å². The van der Waals surface area contributed by atoms with Crippen molar-refractivity contribution in [3.8, 4) is 33.2 Å². The van der Waals surface area contributed by atoms with E-state index in [1.807, 2.05) is 63.5 Å². The Hall–Kier alpha value is -5.61. The quantitative estimate of drug-likeness (QED) is 0.0310. The number of carbonyl (C=O) groups excluding carboxylic acids is 4. The van der Waals surface area contributed by atoms with Crippen molar-refractivity contribution in [2.45, 2.75) is 168 Å². The second-order valence-corrected chi connectivity index (χ2v) is 22.6. The number of hydrogen-bond donors (Lipinski definition) is 6. The molecule has 7 N–H and O–H groups in total. The average Bonchev–Trinajstić information content (AvgIpc) is 3.94. The molecule has 3 saturated carbocycles. The fourth-order valence-corrected chi connectivity index (χ4v) is 11.7. The Labute approximate surface area is 423 Å². The van der Waals surface area contributed by atoms with Crippen molar-refractivity contribution in [3.63, 3.8) is 0 Å². The number of para-hydroxylation sites is 1. The minimum absolute atomic E-state index is 0.0435. The molecule has 0 radical (unpaired) electrons. The van der Waals surface area contributed by atoms with Crippen LogP contribution in [0.4, 0.5) is 5.82 Å². The molecular formula is C55H76N8O7S. The maximum atomic E-state index is 14.0. The predicted octanol–water partition coefficient (Wildman–Crippen LogP) is 8.80. The largest absolute Gasteiger partial charge is 0.507 e. The van der Waals surface area contributed by atoms with Gasteiger partial charge >= 0.3 is 0 Å². The number of aryl methyl sites for hydroxylation is 1. The molecule has 0 spiro atoms. The number of nitrogens with two attached hydrogens (primary N) is 1. The highest BCUT2D eigenvalue weighted by molar-refractivity contribution is 7.13. The van der Waals surface area contributed by atoms with Gasteiger partial charge in [0.05, 0.1) is 28.8 Å². The molecule has 16 heteroatoms. The van der Waals surface area contributed by atoms with Crippen LogP contribution in [-0.4, -0.2) is 91.8 Å².